The number of aromatic hydroxyl groups is 1. The Kier molecular flexibility index (Phi) is 3.49. The molecule has 0 unspecified atom stereocenters. The van der Waals surface area contributed by atoms with Crippen LogP contribution >= 0.6 is 12.6 Å². The average molecular weight is 243 g/mol. The van der Waals surface area contributed by atoms with Crippen LogP contribution in [0.2, 0.25) is 0 Å². The molecule has 86 valence electrons. The van der Waals surface area contributed by atoms with Crippen molar-refractivity contribution in [2.45, 2.75) is 11.8 Å². The Morgan fingerprint density at radius 2 is 1.88 bits per heavy atom. The zero-order chi connectivity index (χ0) is 12.3. The molecule has 0 aromatic heterocycles. The highest BCUT2D eigenvalue weighted by Gasteiger charge is 2.00. The monoisotopic (exact) mass is 243 g/mol. The third-order valence-electron chi connectivity index (χ3n) is 2.49. The summed E-state index contributed by atoms with van der Waals surface area (Å²) in [6.07, 6.45) is 1.65. The summed E-state index contributed by atoms with van der Waals surface area (Å²) in [5.74, 6) is 0.271. The van der Waals surface area contributed by atoms with E-state index < -0.39 is 0 Å². The molecule has 0 bridgehead atoms. The lowest BCUT2D eigenvalue weighted by molar-refractivity contribution is 0.470. The van der Waals surface area contributed by atoms with Crippen LogP contribution in [-0.4, -0.2) is 11.3 Å². The number of benzene rings is 2. The molecule has 3 heteroatoms. The van der Waals surface area contributed by atoms with Gasteiger partial charge in [0.15, 0.2) is 0 Å². The van der Waals surface area contributed by atoms with E-state index in [1.54, 1.807) is 6.21 Å². The van der Waals surface area contributed by atoms with Gasteiger partial charge in [0.05, 0.1) is 5.69 Å². The van der Waals surface area contributed by atoms with Gasteiger partial charge in [-0.05, 0) is 30.7 Å². The van der Waals surface area contributed by atoms with Gasteiger partial charge < -0.3 is 5.11 Å². The van der Waals surface area contributed by atoms with Crippen LogP contribution in [0.4, 0.5) is 5.69 Å². The van der Waals surface area contributed by atoms with Gasteiger partial charge in [0.2, 0.25) is 0 Å². The van der Waals surface area contributed by atoms with E-state index in [-0.39, 0.29) is 5.75 Å². The van der Waals surface area contributed by atoms with Crippen LogP contribution in [0, 0.1) is 6.92 Å². The van der Waals surface area contributed by atoms with Crippen molar-refractivity contribution in [2.24, 2.45) is 4.99 Å². The molecule has 0 fully saturated rings. The maximum absolute atomic E-state index is 9.83. The number of hydrogen-bond acceptors (Lipinski definition) is 3. The molecule has 1 N–H and O–H groups in total. The summed E-state index contributed by atoms with van der Waals surface area (Å²) in [5.41, 5.74) is 2.34. The highest BCUT2D eigenvalue weighted by atomic mass is 32.1. The van der Waals surface area contributed by atoms with Gasteiger partial charge in [0.25, 0.3) is 0 Å². The number of phenolic OH excluding ortho intramolecular Hbond substituents is 1. The van der Waals surface area contributed by atoms with Gasteiger partial charge in [-0.1, -0.05) is 24.3 Å². The fraction of sp³-hybridized carbons (Fsp3) is 0.0714. The highest BCUT2D eigenvalue weighted by Crippen LogP contribution is 2.24. The fourth-order valence-corrected chi connectivity index (χ4v) is 1.72. The molecular weight excluding hydrogens is 230 g/mol. The summed E-state index contributed by atoms with van der Waals surface area (Å²) < 4.78 is 0. The first kappa shape index (κ1) is 11.7. The van der Waals surface area contributed by atoms with Crippen molar-refractivity contribution >= 4 is 24.5 Å². The molecule has 0 spiro atoms. The maximum atomic E-state index is 9.83. The van der Waals surface area contributed by atoms with Gasteiger partial charge in [-0.25, -0.2) is 0 Å². The summed E-state index contributed by atoms with van der Waals surface area (Å²) >= 11 is 4.31. The summed E-state index contributed by atoms with van der Waals surface area (Å²) in [6, 6.07) is 13.2. The topological polar surface area (TPSA) is 32.6 Å². The number of hydrogen-bond donors (Lipinski definition) is 2. The Labute approximate surface area is 106 Å². The van der Waals surface area contributed by atoms with Crippen LogP contribution < -0.4 is 0 Å². The molecule has 0 aliphatic heterocycles. The van der Waals surface area contributed by atoms with Crippen molar-refractivity contribution in [3.63, 3.8) is 0 Å². The van der Waals surface area contributed by atoms with E-state index in [0.717, 1.165) is 16.1 Å². The van der Waals surface area contributed by atoms with E-state index in [0.29, 0.717) is 5.56 Å². The van der Waals surface area contributed by atoms with E-state index >= 15 is 0 Å². The van der Waals surface area contributed by atoms with Crippen LogP contribution in [0.1, 0.15) is 11.1 Å². The van der Waals surface area contributed by atoms with Gasteiger partial charge in [0.1, 0.15) is 5.75 Å². The summed E-state index contributed by atoms with van der Waals surface area (Å²) in [6.45, 7) is 1.86. The van der Waals surface area contributed by atoms with E-state index in [1.165, 1.54) is 0 Å². The molecule has 0 aliphatic carbocycles. The van der Waals surface area contributed by atoms with Crippen LogP contribution in [0.3, 0.4) is 0 Å². The molecule has 0 saturated heterocycles. The number of rotatable bonds is 2. The molecule has 0 amide bonds. The first-order chi connectivity index (χ1) is 8.18. The minimum atomic E-state index is 0.271. The lowest BCUT2D eigenvalue weighted by Crippen LogP contribution is -1.84. The van der Waals surface area contributed by atoms with E-state index in [4.69, 9.17) is 0 Å². The number of aryl methyl sites for hydroxylation is 1. The van der Waals surface area contributed by atoms with Gasteiger partial charge in [-0.2, -0.15) is 0 Å². The fourth-order valence-electron chi connectivity index (χ4n) is 1.50. The first-order valence-electron chi connectivity index (χ1n) is 5.29. The molecule has 0 saturated carbocycles. The van der Waals surface area contributed by atoms with E-state index in [2.05, 4.69) is 17.6 Å². The van der Waals surface area contributed by atoms with Crippen molar-refractivity contribution in [1.82, 2.24) is 0 Å². The lowest BCUT2D eigenvalue weighted by atomic mass is 10.1. The third kappa shape index (κ3) is 2.68. The quantitative estimate of drug-likeness (QED) is 0.611. The Hall–Kier alpha value is -1.74. The molecule has 2 aromatic carbocycles. The molecule has 0 aliphatic rings. The van der Waals surface area contributed by atoms with Crippen molar-refractivity contribution in [3.05, 3.63) is 53.6 Å². The second kappa shape index (κ2) is 5.06. The van der Waals surface area contributed by atoms with Crippen molar-refractivity contribution < 1.29 is 5.11 Å². The van der Waals surface area contributed by atoms with Crippen molar-refractivity contribution in [2.75, 3.05) is 0 Å². The predicted molar refractivity (Wildman–Crippen MR) is 73.8 cm³/mol. The van der Waals surface area contributed by atoms with Gasteiger partial charge >= 0.3 is 0 Å². The molecule has 0 radical (unpaired) electrons. The van der Waals surface area contributed by atoms with Crippen LogP contribution in [-0.2, 0) is 0 Å². The smallest absolute Gasteiger partial charge is 0.127 e. The third-order valence-corrected chi connectivity index (χ3v) is 2.87. The molecule has 0 heterocycles. The second-order valence-electron chi connectivity index (χ2n) is 3.76. The van der Waals surface area contributed by atoms with Crippen LogP contribution in [0.15, 0.2) is 52.4 Å². The first-order valence-corrected chi connectivity index (χ1v) is 5.74. The maximum Gasteiger partial charge on any atom is 0.127 e. The second-order valence-corrected chi connectivity index (χ2v) is 4.24. The average Bonchev–Trinajstić information content (AvgIpc) is 2.33. The van der Waals surface area contributed by atoms with Gasteiger partial charge in [0, 0.05) is 16.7 Å². The largest absolute Gasteiger partial charge is 0.507 e. The standard InChI is InChI=1S/C14H13NOS/c1-10-5-4-6-11(14(10)16)9-15-12-7-2-3-8-13(12)17/h2-9,16-17H,1H3. The number of aliphatic imine (C=N–C) groups is 1. The zero-order valence-corrected chi connectivity index (χ0v) is 10.4. The molecule has 2 nitrogen and oxygen atoms in total. The molecule has 2 rings (SSSR count). The number of thiol groups is 1. The Morgan fingerprint density at radius 3 is 2.65 bits per heavy atom. The Bertz CT molecular complexity index is 564. The summed E-state index contributed by atoms with van der Waals surface area (Å²) in [5, 5.41) is 9.83. The number of nitrogens with zero attached hydrogens (tertiary/aromatic N) is 1. The Balaban J connectivity index is 2.33. The lowest BCUT2D eigenvalue weighted by Gasteiger charge is -2.02. The molecule has 0 atom stereocenters. The molecule has 2 aromatic rings. The summed E-state index contributed by atoms with van der Waals surface area (Å²) in [7, 11) is 0. The van der Waals surface area contributed by atoms with Crippen LogP contribution in [0.5, 0.6) is 5.75 Å². The van der Waals surface area contributed by atoms with E-state index in [9.17, 15) is 5.11 Å². The predicted octanol–water partition coefficient (Wildman–Crippen LogP) is 3.74. The van der Waals surface area contributed by atoms with Gasteiger partial charge in [-0.15, -0.1) is 12.6 Å². The van der Waals surface area contributed by atoms with E-state index in [1.807, 2.05) is 49.4 Å². The molecule has 17 heavy (non-hydrogen) atoms. The van der Waals surface area contributed by atoms with Crippen LogP contribution in [0.25, 0.3) is 0 Å². The minimum absolute atomic E-state index is 0.271. The summed E-state index contributed by atoms with van der Waals surface area (Å²) in [4.78, 5) is 5.13. The van der Waals surface area contributed by atoms with Crippen molar-refractivity contribution in [3.8, 4) is 5.75 Å². The molecular formula is C14H13NOS. The minimum Gasteiger partial charge on any atom is -0.507 e. The van der Waals surface area contributed by atoms with Crippen molar-refractivity contribution in [1.29, 1.82) is 0 Å². The van der Waals surface area contributed by atoms with Gasteiger partial charge in [-0.3, -0.25) is 4.99 Å². The zero-order valence-electron chi connectivity index (χ0n) is 9.46. The number of phenols is 1. The highest BCUT2D eigenvalue weighted by molar-refractivity contribution is 7.80. The SMILES string of the molecule is Cc1cccc(C=Nc2ccccc2S)c1O. The number of para-hydroxylation sites is 2. The Morgan fingerprint density at radius 1 is 1.12 bits per heavy atom. The normalized spacial score (nSPS) is 10.9.